The molecule has 0 unspecified atom stereocenters. The number of ether oxygens (including phenoxy) is 1. The SMILES string of the molecule is CC(C)Oc1ccc(NC(=O)[C@H]2CCCN2)cc1Cl. The highest BCUT2D eigenvalue weighted by molar-refractivity contribution is 6.32. The van der Waals surface area contributed by atoms with Crippen LogP contribution >= 0.6 is 11.6 Å². The van der Waals surface area contributed by atoms with Crippen molar-refractivity contribution in [1.29, 1.82) is 0 Å². The van der Waals surface area contributed by atoms with Crippen LogP contribution in [-0.2, 0) is 4.79 Å². The van der Waals surface area contributed by atoms with Crippen LogP contribution in [0.5, 0.6) is 5.75 Å². The van der Waals surface area contributed by atoms with Crippen LogP contribution in [0, 0.1) is 0 Å². The zero-order chi connectivity index (χ0) is 13.8. The molecule has 1 fully saturated rings. The van der Waals surface area contributed by atoms with Crippen molar-refractivity contribution < 1.29 is 9.53 Å². The summed E-state index contributed by atoms with van der Waals surface area (Å²) in [4.78, 5) is 11.9. The van der Waals surface area contributed by atoms with Crippen molar-refractivity contribution in [3.05, 3.63) is 23.2 Å². The first kappa shape index (κ1) is 14.2. The molecule has 0 spiro atoms. The van der Waals surface area contributed by atoms with Gasteiger partial charge in [-0.1, -0.05) is 11.6 Å². The molecule has 0 radical (unpaired) electrons. The van der Waals surface area contributed by atoms with Gasteiger partial charge in [0, 0.05) is 5.69 Å². The monoisotopic (exact) mass is 282 g/mol. The normalized spacial score (nSPS) is 18.6. The lowest BCUT2D eigenvalue weighted by atomic mass is 10.2. The van der Waals surface area contributed by atoms with E-state index in [2.05, 4.69) is 10.6 Å². The van der Waals surface area contributed by atoms with Gasteiger partial charge in [-0.25, -0.2) is 0 Å². The summed E-state index contributed by atoms with van der Waals surface area (Å²) < 4.78 is 5.55. The maximum absolute atomic E-state index is 11.9. The van der Waals surface area contributed by atoms with Gasteiger partial charge in [0.25, 0.3) is 0 Å². The lowest BCUT2D eigenvalue weighted by Gasteiger charge is -2.14. The lowest BCUT2D eigenvalue weighted by molar-refractivity contribution is -0.117. The van der Waals surface area contributed by atoms with E-state index in [1.807, 2.05) is 13.8 Å². The Kier molecular flexibility index (Phi) is 4.66. The van der Waals surface area contributed by atoms with E-state index in [-0.39, 0.29) is 18.1 Å². The number of carbonyl (C=O) groups excluding carboxylic acids is 1. The number of rotatable bonds is 4. The number of carbonyl (C=O) groups is 1. The molecule has 1 aliphatic rings. The van der Waals surface area contributed by atoms with Crippen molar-refractivity contribution in [2.45, 2.75) is 38.8 Å². The van der Waals surface area contributed by atoms with E-state index in [4.69, 9.17) is 16.3 Å². The van der Waals surface area contributed by atoms with E-state index < -0.39 is 0 Å². The molecule has 1 saturated heterocycles. The molecule has 0 aliphatic carbocycles. The number of benzene rings is 1. The van der Waals surface area contributed by atoms with Gasteiger partial charge in [0.15, 0.2) is 0 Å². The second kappa shape index (κ2) is 6.26. The van der Waals surface area contributed by atoms with Crippen molar-refractivity contribution in [1.82, 2.24) is 5.32 Å². The molecule has 104 valence electrons. The van der Waals surface area contributed by atoms with Gasteiger partial charge >= 0.3 is 0 Å². The predicted octanol–water partition coefficient (Wildman–Crippen LogP) is 2.82. The van der Waals surface area contributed by atoms with E-state index in [0.717, 1.165) is 19.4 Å². The summed E-state index contributed by atoms with van der Waals surface area (Å²) in [5, 5.41) is 6.53. The van der Waals surface area contributed by atoms with Crippen molar-refractivity contribution in [2.24, 2.45) is 0 Å². The van der Waals surface area contributed by atoms with Crippen LogP contribution in [0.25, 0.3) is 0 Å². The van der Waals surface area contributed by atoms with Gasteiger partial charge in [-0.05, 0) is 51.4 Å². The Balaban J connectivity index is 2.01. The molecule has 1 heterocycles. The summed E-state index contributed by atoms with van der Waals surface area (Å²) in [5.41, 5.74) is 0.694. The Labute approximate surface area is 118 Å². The minimum atomic E-state index is -0.0923. The predicted molar refractivity (Wildman–Crippen MR) is 76.9 cm³/mol. The Morgan fingerprint density at radius 3 is 2.89 bits per heavy atom. The van der Waals surface area contributed by atoms with Gasteiger partial charge in [0.2, 0.25) is 5.91 Å². The molecule has 5 heteroatoms. The topological polar surface area (TPSA) is 50.4 Å². The maximum atomic E-state index is 11.9. The molecule has 1 aromatic rings. The van der Waals surface area contributed by atoms with Crippen LogP contribution in [0.2, 0.25) is 5.02 Å². The van der Waals surface area contributed by atoms with Crippen LogP contribution in [0.1, 0.15) is 26.7 Å². The van der Waals surface area contributed by atoms with Gasteiger partial charge < -0.3 is 15.4 Å². The third-order valence-corrected chi connectivity index (χ3v) is 3.23. The maximum Gasteiger partial charge on any atom is 0.241 e. The number of hydrogen-bond acceptors (Lipinski definition) is 3. The molecular formula is C14H19ClN2O2. The number of nitrogens with one attached hydrogen (secondary N) is 2. The first-order valence-electron chi connectivity index (χ1n) is 6.56. The fraction of sp³-hybridized carbons (Fsp3) is 0.500. The van der Waals surface area contributed by atoms with Crippen LogP contribution in [-0.4, -0.2) is 24.6 Å². The number of hydrogen-bond donors (Lipinski definition) is 2. The second-order valence-electron chi connectivity index (χ2n) is 4.95. The van der Waals surface area contributed by atoms with E-state index in [0.29, 0.717) is 16.5 Å². The summed E-state index contributed by atoms with van der Waals surface area (Å²) >= 11 is 6.12. The number of halogens is 1. The van der Waals surface area contributed by atoms with Crippen LogP contribution in [0.4, 0.5) is 5.69 Å². The van der Waals surface area contributed by atoms with E-state index in [1.54, 1.807) is 18.2 Å². The molecule has 2 N–H and O–H groups in total. The highest BCUT2D eigenvalue weighted by atomic mass is 35.5. The quantitative estimate of drug-likeness (QED) is 0.893. The van der Waals surface area contributed by atoms with E-state index >= 15 is 0 Å². The largest absolute Gasteiger partial charge is 0.489 e. The van der Waals surface area contributed by atoms with Gasteiger partial charge in [-0.15, -0.1) is 0 Å². The summed E-state index contributed by atoms with van der Waals surface area (Å²) in [7, 11) is 0. The third-order valence-electron chi connectivity index (χ3n) is 2.94. The standard InChI is InChI=1S/C14H19ClN2O2/c1-9(2)19-13-6-5-10(8-11(13)15)17-14(18)12-4-3-7-16-12/h5-6,8-9,12,16H,3-4,7H2,1-2H3,(H,17,18)/t12-/m1/s1. The Morgan fingerprint density at radius 2 is 2.32 bits per heavy atom. The van der Waals surface area contributed by atoms with Gasteiger partial charge in [-0.3, -0.25) is 4.79 Å². The third kappa shape index (κ3) is 3.85. The molecule has 1 atom stereocenters. The molecule has 4 nitrogen and oxygen atoms in total. The van der Waals surface area contributed by atoms with Gasteiger partial charge in [0.05, 0.1) is 17.2 Å². The van der Waals surface area contributed by atoms with Gasteiger partial charge in [0.1, 0.15) is 5.75 Å². The summed E-state index contributed by atoms with van der Waals surface area (Å²) in [6, 6.07) is 5.20. The molecule has 19 heavy (non-hydrogen) atoms. The minimum absolute atomic E-state index is 0.00825. The summed E-state index contributed by atoms with van der Waals surface area (Å²) in [5.74, 6) is 0.625. The molecule has 1 aromatic carbocycles. The van der Waals surface area contributed by atoms with Crippen molar-refractivity contribution in [3.63, 3.8) is 0 Å². The smallest absolute Gasteiger partial charge is 0.241 e. The minimum Gasteiger partial charge on any atom is -0.489 e. The van der Waals surface area contributed by atoms with Crippen LogP contribution < -0.4 is 15.4 Å². The Morgan fingerprint density at radius 1 is 1.53 bits per heavy atom. The van der Waals surface area contributed by atoms with E-state index in [9.17, 15) is 4.79 Å². The summed E-state index contributed by atoms with van der Waals surface area (Å²) in [6.07, 6.45) is 1.99. The molecule has 2 rings (SSSR count). The first-order chi connectivity index (χ1) is 9.06. The molecule has 0 bridgehead atoms. The first-order valence-corrected chi connectivity index (χ1v) is 6.94. The highest BCUT2D eigenvalue weighted by Crippen LogP contribution is 2.28. The van der Waals surface area contributed by atoms with Crippen LogP contribution in [0.3, 0.4) is 0 Å². The fourth-order valence-corrected chi connectivity index (χ4v) is 2.29. The van der Waals surface area contributed by atoms with Crippen molar-refractivity contribution in [2.75, 3.05) is 11.9 Å². The van der Waals surface area contributed by atoms with Crippen molar-refractivity contribution in [3.8, 4) is 5.75 Å². The molecule has 1 amide bonds. The molecule has 1 aliphatic heterocycles. The van der Waals surface area contributed by atoms with Crippen molar-refractivity contribution >= 4 is 23.2 Å². The molecule has 0 aromatic heterocycles. The fourth-order valence-electron chi connectivity index (χ4n) is 2.07. The lowest BCUT2D eigenvalue weighted by Crippen LogP contribution is -2.35. The second-order valence-corrected chi connectivity index (χ2v) is 5.36. The summed E-state index contributed by atoms with van der Waals surface area (Å²) in [6.45, 7) is 4.79. The zero-order valence-corrected chi connectivity index (χ0v) is 12.0. The zero-order valence-electron chi connectivity index (χ0n) is 11.2. The Hall–Kier alpha value is -1.26. The average molecular weight is 283 g/mol. The molecular weight excluding hydrogens is 264 g/mol. The average Bonchev–Trinajstić information content (AvgIpc) is 2.86. The van der Waals surface area contributed by atoms with Crippen LogP contribution in [0.15, 0.2) is 18.2 Å². The Bertz CT molecular complexity index is 457. The number of amides is 1. The number of anilines is 1. The highest BCUT2D eigenvalue weighted by Gasteiger charge is 2.22. The molecule has 0 saturated carbocycles. The van der Waals surface area contributed by atoms with Gasteiger partial charge in [-0.2, -0.15) is 0 Å². The van der Waals surface area contributed by atoms with E-state index in [1.165, 1.54) is 0 Å².